The Labute approximate surface area is 118 Å². The summed E-state index contributed by atoms with van der Waals surface area (Å²) in [5, 5.41) is 0. The average molecular weight is 321 g/mol. The number of hydrogen-bond donors (Lipinski definition) is 0. The van der Waals surface area contributed by atoms with Crippen molar-refractivity contribution >= 4 is 21.7 Å². The first-order valence-corrected chi connectivity index (χ1v) is 6.64. The molecule has 0 radical (unpaired) electrons. The highest BCUT2D eigenvalue weighted by atomic mass is 79.9. The summed E-state index contributed by atoms with van der Waals surface area (Å²) in [7, 11) is 0. The van der Waals surface area contributed by atoms with Gasteiger partial charge >= 0.3 is 0 Å². The van der Waals surface area contributed by atoms with E-state index in [0.717, 1.165) is 11.1 Å². The molecule has 0 fully saturated rings. The summed E-state index contributed by atoms with van der Waals surface area (Å²) in [6.45, 7) is 1.09. The molecule has 0 N–H and O–H groups in total. The van der Waals surface area contributed by atoms with Crippen molar-refractivity contribution in [1.29, 1.82) is 0 Å². The Morgan fingerprint density at radius 1 is 1.11 bits per heavy atom. The highest BCUT2D eigenvalue weighted by Crippen LogP contribution is 2.24. The molecule has 1 heterocycles. The van der Waals surface area contributed by atoms with Gasteiger partial charge in [0.05, 0.1) is 18.8 Å². The SMILES string of the molecule is O=C(c1ccc2c(c1)COC2)c1cc(Br)ccc1F. The van der Waals surface area contributed by atoms with Crippen LogP contribution in [0.3, 0.4) is 0 Å². The van der Waals surface area contributed by atoms with Gasteiger partial charge in [-0.05, 0) is 35.4 Å². The normalized spacial score (nSPS) is 13.4. The molecule has 0 amide bonds. The zero-order chi connectivity index (χ0) is 13.4. The van der Waals surface area contributed by atoms with Gasteiger partial charge in [0.2, 0.25) is 0 Å². The molecule has 0 aliphatic carbocycles. The maximum atomic E-state index is 13.7. The second kappa shape index (κ2) is 4.87. The summed E-state index contributed by atoms with van der Waals surface area (Å²) in [4.78, 5) is 12.3. The summed E-state index contributed by atoms with van der Waals surface area (Å²) in [5.74, 6) is -0.821. The number of rotatable bonds is 2. The molecular formula is C15H10BrFO2. The molecule has 1 aliphatic rings. The van der Waals surface area contributed by atoms with E-state index in [0.29, 0.717) is 23.2 Å². The highest BCUT2D eigenvalue weighted by Gasteiger charge is 2.18. The number of benzene rings is 2. The lowest BCUT2D eigenvalue weighted by Gasteiger charge is -2.05. The van der Waals surface area contributed by atoms with E-state index in [1.54, 1.807) is 18.2 Å². The van der Waals surface area contributed by atoms with Gasteiger partial charge in [-0.25, -0.2) is 4.39 Å². The summed E-state index contributed by atoms with van der Waals surface area (Å²) in [5.41, 5.74) is 2.65. The molecule has 1 aliphatic heterocycles. The van der Waals surface area contributed by atoms with Crippen LogP contribution >= 0.6 is 15.9 Å². The molecule has 4 heteroatoms. The van der Waals surface area contributed by atoms with Crippen LogP contribution in [0.1, 0.15) is 27.0 Å². The molecule has 0 unspecified atom stereocenters. The predicted octanol–water partition coefficient (Wildman–Crippen LogP) is 3.85. The third-order valence-electron chi connectivity index (χ3n) is 3.16. The first kappa shape index (κ1) is 12.5. The van der Waals surface area contributed by atoms with E-state index in [2.05, 4.69) is 15.9 Å². The molecular weight excluding hydrogens is 311 g/mol. The van der Waals surface area contributed by atoms with E-state index < -0.39 is 5.82 Å². The molecule has 2 nitrogen and oxygen atoms in total. The first-order valence-electron chi connectivity index (χ1n) is 5.84. The standard InChI is InChI=1S/C15H10BrFO2/c16-12-3-4-14(17)13(6-12)15(18)9-1-2-10-7-19-8-11(10)5-9/h1-6H,7-8H2. The Hall–Kier alpha value is -1.52. The van der Waals surface area contributed by atoms with Crippen LogP contribution in [-0.2, 0) is 18.0 Å². The minimum atomic E-state index is -0.509. The Morgan fingerprint density at radius 3 is 2.74 bits per heavy atom. The van der Waals surface area contributed by atoms with Gasteiger partial charge in [-0.1, -0.05) is 28.1 Å². The summed E-state index contributed by atoms with van der Waals surface area (Å²) in [6.07, 6.45) is 0. The fraction of sp³-hybridized carbons (Fsp3) is 0.133. The molecule has 3 rings (SSSR count). The van der Waals surface area contributed by atoms with Crippen LogP contribution in [0.5, 0.6) is 0 Å². The van der Waals surface area contributed by atoms with Crippen LogP contribution in [0.15, 0.2) is 40.9 Å². The summed E-state index contributed by atoms with van der Waals surface area (Å²) >= 11 is 3.25. The topological polar surface area (TPSA) is 26.3 Å². The fourth-order valence-electron chi connectivity index (χ4n) is 2.14. The predicted molar refractivity (Wildman–Crippen MR) is 72.5 cm³/mol. The molecule has 0 aromatic heterocycles. The summed E-state index contributed by atoms with van der Waals surface area (Å²) < 4.78 is 19.7. The number of carbonyl (C=O) groups excluding carboxylic acids is 1. The average Bonchev–Trinajstić information content (AvgIpc) is 2.88. The Balaban J connectivity index is 2.02. The van der Waals surface area contributed by atoms with E-state index in [1.807, 2.05) is 6.07 Å². The molecule has 2 aromatic carbocycles. The van der Waals surface area contributed by atoms with E-state index in [1.165, 1.54) is 12.1 Å². The van der Waals surface area contributed by atoms with Gasteiger partial charge in [-0.2, -0.15) is 0 Å². The van der Waals surface area contributed by atoms with Gasteiger partial charge in [0.1, 0.15) is 5.82 Å². The van der Waals surface area contributed by atoms with Crippen LogP contribution < -0.4 is 0 Å². The molecule has 2 aromatic rings. The van der Waals surface area contributed by atoms with Gasteiger partial charge < -0.3 is 4.74 Å². The molecule has 19 heavy (non-hydrogen) atoms. The van der Waals surface area contributed by atoms with Crippen LogP contribution in [0.4, 0.5) is 4.39 Å². The fourth-order valence-corrected chi connectivity index (χ4v) is 2.50. The van der Waals surface area contributed by atoms with Gasteiger partial charge in [0.15, 0.2) is 5.78 Å². The summed E-state index contributed by atoms with van der Waals surface area (Å²) in [6, 6.07) is 9.73. The molecule has 0 saturated carbocycles. The number of hydrogen-bond acceptors (Lipinski definition) is 2. The minimum Gasteiger partial charge on any atom is -0.372 e. The monoisotopic (exact) mass is 320 g/mol. The zero-order valence-corrected chi connectivity index (χ0v) is 11.5. The van der Waals surface area contributed by atoms with Crippen LogP contribution in [0.25, 0.3) is 0 Å². The number of carbonyl (C=O) groups is 1. The third-order valence-corrected chi connectivity index (χ3v) is 3.65. The zero-order valence-electron chi connectivity index (χ0n) is 9.95. The van der Waals surface area contributed by atoms with Crippen molar-refractivity contribution in [2.24, 2.45) is 0 Å². The second-order valence-corrected chi connectivity index (χ2v) is 5.35. The highest BCUT2D eigenvalue weighted by molar-refractivity contribution is 9.10. The van der Waals surface area contributed by atoms with Crippen molar-refractivity contribution in [3.05, 3.63) is 68.9 Å². The lowest BCUT2D eigenvalue weighted by atomic mass is 9.99. The lowest BCUT2D eigenvalue weighted by molar-refractivity contribution is 0.103. The van der Waals surface area contributed by atoms with Crippen molar-refractivity contribution in [2.75, 3.05) is 0 Å². The quantitative estimate of drug-likeness (QED) is 0.786. The van der Waals surface area contributed by atoms with Crippen molar-refractivity contribution in [2.45, 2.75) is 13.2 Å². The van der Waals surface area contributed by atoms with E-state index in [9.17, 15) is 9.18 Å². The second-order valence-electron chi connectivity index (χ2n) is 4.43. The third kappa shape index (κ3) is 2.33. The largest absolute Gasteiger partial charge is 0.372 e. The minimum absolute atomic E-state index is 0.0771. The number of ketones is 1. The van der Waals surface area contributed by atoms with E-state index >= 15 is 0 Å². The van der Waals surface area contributed by atoms with Gasteiger partial charge in [0, 0.05) is 10.0 Å². The number of ether oxygens (including phenoxy) is 1. The molecule has 0 bridgehead atoms. The van der Waals surface area contributed by atoms with Crippen molar-refractivity contribution in [1.82, 2.24) is 0 Å². The molecule has 96 valence electrons. The molecule has 0 atom stereocenters. The first-order chi connectivity index (χ1) is 9.15. The van der Waals surface area contributed by atoms with Crippen LogP contribution in [0, 0.1) is 5.82 Å². The Bertz CT molecular complexity index is 667. The van der Waals surface area contributed by atoms with Crippen molar-refractivity contribution in [3.63, 3.8) is 0 Å². The van der Waals surface area contributed by atoms with Gasteiger partial charge in [-0.3, -0.25) is 4.79 Å². The molecule has 0 saturated heterocycles. The smallest absolute Gasteiger partial charge is 0.196 e. The van der Waals surface area contributed by atoms with E-state index in [4.69, 9.17) is 4.74 Å². The maximum Gasteiger partial charge on any atom is 0.196 e. The lowest BCUT2D eigenvalue weighted by Crippen LogP contribution is -2.05. The van der Waals surface area contributed by atoms with E-state index in [-0.39, 0.29) is 11.3 Å². The van der Waals surface area contributed by atoms with Crippen LogP contribution in [0.2, 0.25) is 0 Å². The Morgan fingerprint density at radius 2 is 1.89 bits per heavy atom. The Kier molecular flexibility index (Phi) is 3.21. The van der Waals surface area contributed by atoms with Crippen molar-refractivity contribution < 1.29 is 13.9 Å². The molecule has 0 spiro atoms. The van der Waals surface area contributed by atoms with Gasteiger partial charge in [-0.15, -0.1) is 0 Å². The van der Waals surface area contributed by atoms with Crippen molar-refractivity contribution in [3.8, 4) is 0 Å². The number of fused-ring (bicyclic) bond motifs is 1. The number of halogens is 2. The maximum absolute atomic E-state index is 13.7. The van der Waals surface area contributed by atoms with Crippen LogP contribution in [-0.4, -0.2) is 5.78 Å². The van der Waals surface area contributed by atoms with Gasteiger partial charge in [0.25, 0.3) is 0 Å².